The second kappa shape index (κ2) is 6.50. The van der Waals surface area contributed by atoms with Gasteiger partial charge in [0.15, 0.2) is 0 Å². The molecule has 2 aromatic rings. The third-order valence-corrected chi connectivity index (χ3v) is 4.29. The van der Waals surface area contributed by atoms with Gasteiger partial charge in [-0.25, -0.2) is 9.59 Å². The number of carbonyl (C=O) groups is 2. The quantitative estimate of drug-likeness (QED) is 0.756. The van der Waals surface area contributed by atoms with Gasteiger partial charge in [0.2, 0.25) is 0 Å². The van der Waals surface area contributed by atoms with E-state index in [-0.39, 0.29) is 16.7 Å². The fourth-order valence-corrected chi connectivity index (χ4v) is 3.38. The number of halogens is 2. The molecule has 0 unspecified atom stereocenters. The van der Waals surface area contributed by atoms with Crippen LogP contribution in [0.1, 0.15) is 31.8 Å². The highest BCUT2D eigenvalue weighted by atomic mass is 79.9. The van der Waals surface area contributed by atoms with Crippen molar-refractivity contribution in [3.63, 3.8) is 0 Å². The largest absolute Gasteiger partial charge is 0.478 e. The number of benzene rings is 2. The lowest BCUT2D eigenvalue weighted by molar-refractivity contribution is 0.0695. The highest BCUT2D eigenvalue weighted by molar-refractivity contribution is 9.08. The Morgan fingerprint density at radius 1 is 1.14 bits per heavy atom. The summed E-state index contributed by atoms with van der Waals surface area (Å²) in [7, 11) is 0. The maximum Gasteiger partial charge on any atom is 0.336 e. The van der Waals surface area contributed by atoms with E-state index in [0.29, 0.717) is 27.0 Å². The van der Waals surface area contributed by atoms with Gasteiger partial charge < -0.3 is 10.2 Å². The minimum absolute atomic E-state index is 0.0237. The summed E-state index contributed by atoms with van der Waals surface area (Å²) in [6.07, 6.45) is 0. The molecule has 0 atom stereocenters. The van der Waals surface area contributed by atoms with Crippen molar-refractivity contribution in [3.8, 4) is 11.1 Å². The summed E-state index contributed by atoms with van der Waals surface area (Å²) in [5.74, 6) is -2.35. The molecule has 2 N–H and O–H groups in total. The van der Waals surface area contributed by atoms with Crippen molar-refractivity contribution in [2.45, 2.75) is 12.3 Å². The molecule has 0 fully saturated rings. The Kier molecular flexibility index (Phi) is 4.88. The number of hydrogen-bond acceptors (Lipinski definition) is 2. The van der Waals surface area contributed by atoms with E-state index in [2.05, 4.69) is 15.9 Å². The lowest BCUT2D eigenvalue weighted by Crippen LogP contribution is -2.10. The minimum Gasteiger partial charge on any atom is -0.478 e. The molecule has 0 amide bonds. The van der Waals surface area contributed by atoms with E-state index in [9.17, 15) is 19.8 Å². The summed E-state index contributed by atoms with van der Waals surface area (Å²) < 4.78 is 0. The van der Waals surface area contributed by atoms with Gasteiger partial charge in [-0.15, -0.1) is 0 Å². The van der Waals surface area contributed by atoms with E-state index >= 15 is 0 Å². The Balaban J connectivity index is 2.95. The van der Waals surface area contributed by atoms with Gasteiger partial charge in [-0.3, -0.25) is 0 Å². The van der Waals surface area contributed by atoms with Crippen molar-refractivity contribution in [1.82, 2.24) is 0 Å². The SMILES string of the molecule is Cc1ccc(C(=O)O)c(-c2cccc(Cl)c2CBr)c1C(=O)O. The molecule has 0 bridgehead atoms. The van der Waals surface area contributed by atoms with Gasteiger partial charge in [0.05, 0.1) is 11.1 Å². The zero-order chi connectivity index (χ0) is 16.4. The highest BCUT2D eigenvalue weighted by Crippen LogP contribution is 2.36. The molecule has 0 aliphatic rings. The fourth-order valence-electron chi connectivity index (χ4n) is 2.37. The number of rotatable bonds is 4. The Labute approximate surface area is 140 Å². The summed E-state index contributed by atoms with van der Waals surface area (Å²) in [5.41, 5.74) is 1.74. The lowest BCUT2D eigenvalue weighted by Gasteiger charge is -2.16. The molecule has 0 heterocycles. The van der Waals surface area contributed by atoms with E-state index < -0.39 is 11.9 Å². The van der Waals surface area contributed by atoms with Crippen LogP contribution in [0.4, 0.5) is 0 Å². The average Bonchev–Trinajstić information content (AvgIpc) is 2.45. The minimum atomic E-state index is -1.18. The van der Waals surface area contributed by atoms with Crippen molar-refractivity contribution in [2.75, 3.05) is 0 Å². The highest BCUT2D eigenvalue weighted by Gasteiger charge is 2.24. The van der Waals surface area contributed by atoms with Gasteiger partial charge in [0, 0.05) is 15.9 Å². The molecule has 6 heteroatoms. The van der Waals surface area contributed by atoms with Crippen LogP contribution in [0.3, 0.4) is 0 Å². The topological polar surface area (TPSA) is 74.6 Å². The molecular weight excluding hydrogens is 372 g/mol. The third-order valence-electron chi connectivity index (χ3n) is 3.38. The fraction of sp³-hybridized carbons (Fsp3) is 0.125. The number of aryl methyl sites for hydroxylation is 1. The van der Waals surface area contributed by atoms with Crippen LogP contribution in [0.25, 0.3) is 11.1 Å². The summed E-state index contributed by atoms with van der Waals surface area (Å²) >= 11 is 9.48. The van der Waals surface area contributed by atoms with Crippen molar-refractivity contribution < 1.29 is 19.8 Å². The number of alkyl halides is 1. The first-order chi connectivity index (χ1) is 10.4. The maximum atomic E-state index is 11.6. The van der Waals surface area contributed by atoms with E-state index in [1.54, 1.807) is 25.1 Å². The summed E-state index contributed by atoms with van der Waals surface area (Å²) in [4.78, 5) is 23.2. The van der Waals surface area contributed by atoms with Gasteiger partial charge in [-0.05, 0) is 35.7 Å². The predicted molar refractivity (Wildman–Crippen MR) is 88.2 cm³/mol. The van der Waals surface area contributed by atoms with Gasteiger partial charge in [-0.1, -0.05) is 45.7 Å². The zero-order valence-corrected chi connectivity index (χ0v) is 13.9. The first kappa shape index (κ1) is 16.5. The van der Waals surface area contributed by atoms with Gasteiger partial charge in [0.1, 0.15) is 0 Å². The van der Waals surface area contributed by atoms with Crippen molar-refractivity contribution in [2.24, 2.45) is 0 Å². The van der Waals surface area contributed by atoms with E-state index in [0.717, 1.165) is 0 Å². The molecule has 0 aliphatic carbocycles. The number of aromatic carboxylic acids is 2. The molecule has 2 rings (SSSR count). The monoisotopic (exact) mass is 382 g/mol. The smallest absolute Gasteiger partial charge is 0.336 e. The number of hydrogen-bond donors (Lipinski definition) is 2. The van der Waals surface area contributed by atoms with E-state index in [1.807, 2.05) is 0 Å². The van der Waals surface area contributed by atoms with Crippen molar-refractivity contribution in [1.29, 1.82) is 0 Å². The predicted octanol–water partition coefficient (Wildman–Crippen LogP) is 4.61. The molecule has 2 aromatic carbocycles. The van der Waals surface area contributed by atoms with Crippen LogP contribution in [0.2, 0.25) is 5.02 Å². The second-order valence-electron chi connectivity index (χ2n) is 4.69. The van der Waals surface area contributed by atoms with Crippen molar-refractivity contribution >= 4 is 39.5 Å². The Morgan fingerprint density at radius 3 is 2.36 bits per heavy atom. The van der Waals surface area contributed by atoms with Crippen LogP contribution in [-0.2, 0) is 5.33 Å². The van der Waals surface area contributed by atoms with Crippen LogP contribution in [-0.4, -0.2) is 22.2 Å². The van der Waals surface area contributed by atoms with Gasteiger partial charge in [0.25, 0.3) is 0 Å². The van der Waals surface area contributed by atoms with Gasteiger partial charge >= 0.3 is 11.9 Å². The average molecular weight is 384 g/mol. The molecule has 0 aromatic heterocycles. The Bertz CT molecular complexity index is 771. The van der Waals surface area contributed by atoms with Gasteiger partial charge in [-0.2, -0.15) is 0 Å². The first-order valence-corrected chi connectivity index (χ1v) is 7.82. The Morgan fingerprint density at radius 2 is 1.82 bits per heavy atom. The molecule has 114 valence electrons. The van der Waals surface area contributed by atoms with Crippen molar-refractivity contribution in [3.05, 3.63) is 57.6 Å². The molecule has 0 saturated carbocycles. The molecule has 22 heavy (non-hydrogen) atoms. The molecule has 4 nitrogen and oxygen atoms in total. The molecule has 0 radical (unpaired) electrons. The summed E-state index contributed by atoms with van der Waals surface area (Å²) in [6, 6.07) is 7.94. The summed E-state index contributed by atoms with van der Waals surface area (Å²) in [5, 5.41) is 19.8. The number of carboxylic acids is 2. The third kappa shape index (κ3) is 2.87. The van der Waals surface area contributed by atoms with Crippen LogP contribution in [0.15, 0.2) is 30.3 Å². The lowest BCUT2D eigenvalue weighted by atomic mass is 9.89. The van der Waals surface area contributed by atoms with Crippen LogP contribution in [0, 0.1) is 6.92 Å². The summed E-state index contributed by atoms with van der Waals surface area (Å²) in [6.45, 7) is 1.64. The second-order valence-corrected chi connectivity index (χ2v) is 5.66. The van der Waals surface area contributed by atoms with Crippen LogP contribution < -0.4 is 0 Å². The molecular formula is C16H12BrClO4. The Hall–Kier alpha value is -1.85. The zero-order valence-electron chi connectivity index (χ0n) is 11.6. The van der Waals surface area contributed by atoms with E-state index in [4.69, 9.17) is 11.6 Å². The molecule has 0 aliphatic heterocycles. The first-order valence-electron chi connectivity index (χ1n) is 6.32. The maximum absolute atomic E-state index is 11.6. The number of carboxylic acid groups (broad SMARTS) is 2. The van der Waals surface area contributed by atoms with E-state index in [1.165, 1.54) is 12.1 Å². The normalized spacial score (nSPS) is 10.5. The molecule has 0 spiro atoms. The standard InChI is InChI=1S/C16H12BrClO4/c1-8-5-6-10(15(19)20)14(13(8)16(21)22)9-3-2-4-12(18)11(9)7-17/h2-6H,7H2,1H3,(H,19,20)(H,21,22). The molecule has 0 saturated heterocycles. The van der Waals surface area contributed by atoms with Crippen LogP contribution >= 0.6 is 27.5 Å². The van der Waals surface area contributed by atoms with Crippen LogP contribution in [0.5, 0.6) is 0 Å².